The van der Waals surface area contributed by atoms with Crippen molar-refractivity contribution in [2.75, 3.05) is 6.61 Å². The Morgan fingerprint density at radius 1 is 1.30 bits per heavy atom. The zero-order valence-electron chi connectivity index (χ0n) is 11.9. The zero-order valence-corrected chi connectivity index (χ0v) is 11.9. The number of aliphatic hydroxyl groups excluding tert-OH is 1. The average molecular weight is 276 g/mol. The maximum absolute atomic E-state index is 13.6. The lowest BCUT2D eigenvalue weighted by Crippen LogP contribution is -2.29. The van der Waals surface area contributed by atoms with E-state index >= 15 is 0 Å². The molecule has 2 atom stereocenters. The molecule has 1 saturated carbocycles. The monoisotopic (exact) mass is 276 g/mol. The third kappa shape index (κ3) is 3.98. The molecule has 1 fully saturated rings. The van der Waals surface area contributed by atoms with E-state index in [-0.39, 0.29) is 18.5 Å². The fourth-order valence-electron chi connectivity index (χ4n) is 2.82. The van der Waals surface area contributed by atoms with Gasteiger partial charge in [0, 0.05) is 11.6 Å². The fourth-order valence-corrected chi connectivity index (χ4v) is 2.82. The van der Waals surface area contributed by atoms with Gasteiger partial charge >= 0.3 is 0 Å². The van der Waals surface area contributed by atoms with E-state index in [0.29, 0.717) is 17.2 Å². The number of ether oxygens (including phenoxy) is 1. The molecule has 1 aliphatic rings. The number of aliphatic hydroxyl groups is 1. The summed E-state index contributed by atoms with van der Waals surface area (Å²) in [5.74, 6) is 5.98. The van der Waals surface area contributed by atoms with E-state index in [4.69, 9.17) is 9.84 Å². The Kier molecular flexibility index (Phi) is 5.43. The van der Waals surface area contributed by atoms with Gasteiger partial charge < -0.3 is 9.84 Å². The van der Waals surface area contributed by atoms with Crippen molar-refractivity contribution in [2.24, 2.45) is 5.92 Å². The lowest BCUT2D eigenvalue weighted by Gasteiger charge is -2.31. The maximum Gasteiger partial charge on any atom is 0.128 e. The second kappa shape index (κ2) is 7.31. The van der Waals surface area contributed by atoms with Gasteiger partial charge in [0.25, 0.3) is 0 Å². The van der Waals surface area contributed by atoms with Crippen molar-refractivity contribution in [3.63, 3.8) is 0 Å². The topological polar surface area (TPSA) is 29.5 Å². The molecule has 1 aromatic carbocycles. The molecule has 2 rings (SSSR count). The van der Waals surface area contributed by atoms with E-state index in [1.807, 2.05) is 0 Å². The molecular weight excluding hydrogens is 255 g/mol. The summed E-state index contributed by atoms with van der Waals surface area (Å²) in [5, 5.41) is 8.70. The molecule has 0 aromatic heterocycles. The lowest BCUT2D eigenvalue weighted by atomic mass is 9.85. The second-order valence-electron chi connectivity index (χ2n) is 5.24. The van der Waals surface area contributed by atoms with Crippen LogP contribution in [0.3, 0.4) is 0 Å². The van der Waals surface area contributed by atoms with Crippen molar-refractivity contribution < 1.29 is 14.2 Å². The van der Waals surface area contributed by atoms with Crippen LogP contribution in [0.25, 0.3) is 0 Å². The summed E-state index contributed by atoms with van der Waals surface area (Å²) in [4.78, 5) is 0. The van der Waals surface area contributed by atoms with Gasteiger partial charge in [-0.05, 0) is 43.7 Å². The number of hydrogen-bond acceptors (Lipinski definition) is 2. The Morgan fingerprint density at radius 2 is 2.10 bits per heavy atom. The highest BCUT2D eigenvalue weighted by Crippen LogP contribution is 2.31. The highest BCUT2D eigenvalue weighted by atomic mass is 19.1. The first-order chi connectivity index (χ1) is 9.72. The number of hydrogen-bond donors (Lipinski definition) is 1. The van der Waals surface area contributed by atoms with Crippen LogP contribution >= 0.6 is 0 Å². The largest absolute Gasteiger partial charge is 0.490 e. The summed E-state index contributed by atoms with van der Waals surface area (Å²) < 4.78 is 19.6. The number of benzene rings is 1. The minimum Gasteiger partial charge on any atom is -0.490 e. The molecule has 1 aromatic rings. The van der Waals surface area contributed by atoms with Gasteiger partial charge in [0.1, 0.15) is 24.3 Å². The summed E-state index contributed by atoms with van der Waals surface area (Å²) in [6, 6.07) is 4.51. The Bertz CT molecular complexity index is 501. The van der Waals surface area contributed by atoms with E-state index in [9.17, 15) is 4.39 Å². The molecule has 1 aliphatic carbocycles. The van der Waals surface area contributed by atoms with Crippen LogP contribution in [0.2, 0.25) is 0 Å². The minimum atomic E-state index is -0.353. The average Bonchev–Trinajstić information content (AvgIpc) is 2.45. The smallest absolute Gasteiger partial charge is 0.128 e. The second-order valence-corrected chi connectivity index (χ2v) is 5.24. The van der Waals surface area contributed by atoms with Crippen molar-refractivity contribution in [1.29, 1.82) is 0 Å². The first-order valence-electron chi connectivity index (χ1n) is 7.30. The Labute approximate surface area is 120 Å². The van der Waals surface area contributed by atoms with Gasteiger partial charge in [0.2, 0.25) is 0 Å². The quantitative estimate of drug-likeness (QED) is 0.856. The molecule has 108 valence electrons. The first-order valence-corrected chi connectivity index (χ1v) is 7.30. The van der Waals surface area contributed by atoms with Crippen molar-refractivity contribution in [2.45, 2.75) is 45.1 Å². The first kappa shape index (κ1) is 14.9. The Morgan fingerprint density at radius 3 is 2.85 bits per heavy atom. The number of halogens is 1. The van der Waals surface area contributed by atoms with Gasteiger partial charge in [-0.25, -0.2) is 4.39 Å². The molecule has 0 aliphatic heterocycles. The molecule has 3 heteroatoms. The van der Waals surface area contributed by atoms with Gasteiger partial charge in [-0.15, -0.1) is 0 Å². The van der Waals surface area contributed by atoms with Gasteiger partial charge in [0.15, 0.2) is 0 Å². The van der Waals surface area contributed by atoms with Crippen molar-refractivity contribution in [1.82, 2.24) is 0 Å². The number of rotatable bonds is 3. The summed E-state index contributed by atoms with van der Waals surface area (Å²) in [6.45, 7) is 1.95. The van der Waals surface area contributed by atoms with Crippen LogP contribution in [-0.4, -0.2) is 17.8 Å². The van der Waals surface area contributed by atoms with Gasteiger partial charge in [-0.1, -0.05) is 25.2 Å². The van der Waals surface area contributed by atoms with Crippen LogP contribution in [0.1, 0.15) is 44.6 Å². The van der Waals surface area contributed by atoms with E-state index in [1.54, 1.807) is 6.07 Å². The molecule has 2 nitrogen and oxygen atoms in total. The fraction of sp³-hybridized carbons (Fsp3) is 0.529. The molecule has 0 bridgehead atoms. The molecule has 0 saturated heterocycles. The molecule has 2 unspecified atom stereocenters. The van der Waals surface area contributed by atoms with Gasteiger partial charge in [-0.2, -0.15) is 0 Å². The SMILES string of the molecule is CCC1CCCCC1Oc1cc(F)cc(C#CCO)c1. The molecular formula is C17H21FO2. The van der Waals surface area contributed by atoms with Crippen LogP contribution in [0, 0.1) is 23.6 Å². The lowest BCUT2D eigenvalue weighted by molar-refractivity contribution is 0.0900. The van der Waals surface area contributed by atoms with Crippen molar-refractivity contribution >= 4 is 0 Å². The van der Waals surface area contributed by atoms with Gasteiger partial charge in [0.05, 0.1) is 0 Å². The molecule has 0 radical (unpaired) electrons. The third-order valence-corrected chi connectivity index (χ3v) is 3.83. The predicted molar refractivity (Wildman–Crippen MR) is 77.0 cm³/mol. The summed E-state index contributed by atoms with van der Waals surface area (Å²) in [5.41, 5.74) is 0.540. The summed E-state index contributed by atoms with van der Waals surface area (Å²) in [7, 11) is 0. The van der Waals surface area contributed by atoms with Crippen LogP contribution < -0.4 is 4.74 Å². The van der Waals surface area contributed by atoms with Crippen LogP contribution in [0.15, 0.2) is 18.2 Å². The summed E-state index contributed by atoms with van der Waals surface area (Å²) >= 11 is 0. The van der Waals surface area contributed by atoms with E-state index < -0.39 is 0 Å². The zero-order chi connectivity index (χ0) is 14.4. The normalized spacial score (nSPS) is 21.9. The van der Waals surface area contributed by atoms with E-state index in [1.165, 1.54) is 31.4 Å². The molecule has 20 heavy (non-hydrogen) atoms. The maximum atomic E-state index is 13.6. The van der Waals surface area contributed by atoms with Crippen LogP contribution in [0.5, 0.6) is 5.75 Å². The minimum absolute atomic E-state index is 0.175. The highest BCUT2D eigenvalue weighted by Gasteiger charge is 2.25. The van der Waals surface area contributed by atoms with Crippen LogP contribution in [-0.2, 0) is 0 Å². The Hall–Kier alpha value is -1.53. The molecule has 0 spiro atoms. The molecule has 0 amide bonds. The molecule has 0 heterocycles. The standard InChI is InChI=1S/C17H21FO2/c1-2-14-7-3-4-8-17(14)20-16-11-13(6-5-9-19)10-15(18)12-16/h10-12,14,17,19H,2-4,7-9H2,1H3. The Balaban J connectivity index is 2.13. The van der Waals surface area contributed by atoms with E-state index in [0.717, 1.165) is 12.8 Å². The predicted octanol–water partition coefficient (Wildman–Crippen LogP) is 3.52. The van der Waals surface area contributed by atoms with Crippen LogP contribution in [0.4, 0.5) is 4.39 Å². The molecule has 1 N–H and O–H groups in total. The summed E-state index contributed by atoms with van der Waals surface area (Å²) in [6.07, 6.45) is 5.93. The van der Waals surface area contributed by atoms with Crippen molar-refractivity contribution in [3.8, 4) is 17.6 Å². The van der Waals surface area contributed by atoms with E-state index in [2.05, 4.69) is 18.8 Å². The van der Waals surface area contributed by atoms with Gasteiger partial charge in [-0.3, -0.25) is 0 Å². The van der Waals surface area contributed by atoms with Crippen molar-refractivity contribution in [3.05, 3.63) is 29.6 Å². The highest BCUT2D eigenvalue weighted by molar-refractivity contribution is 5.40. The third-order valence-electron chi connectivity index (χ3n) is 3.83.